The maximum atomic E-state index is 12.0. The minimum Gasteiger partial charge on any atom is -0.326 e. The number of hydrogen-bond donors (Lipinski definition) is 1. The molecule has 0 amide bonds. The summed E-state index contributed by atoms with van der Waals surface area (Å²) in [4.78, 5) is 12.0. The largest absolute Gasteiger partial charge is 0.326 e. The SMILES string of the molecule is Cc1cccc(C(=O)CCC(C)(C)N)c1C. The fourth-order valence-electron chi connectivity index (χ4n) is 1.62. The lowest BCUT2D eigenvalue weighted by Crippen LogP contribution is -2.32. The Morgan fingerprint density at radius 3 is 2.50 bits per heavy atom. The molecule has 0 saturated carbocycles. The molecule has 0 spiro atoms. The molecule has 1 aromatic carbocycles. The van der Waals surface area contributed by atoms with E-state index in [9.17, 15) is 4.79 Å². The van der Waals surface area contributed by atoms with Crippen LogP contribution in [0, 0.1) is 13.8 Å². The summed E-state index contributed by atoms with van der Waals surface area (Å²) in [5, 5.41) is 0. The quantitative estimate of drug-likeness (QED) is 0.791. The summed E-state index contributed by atoms with van der Waals surface area (Å²) in [7, 11) is 0. The molecule has 0 atom stereocenters. The third kappa shape index (κ3) is 3.46. The predicted molar refractivity (Wildman–Crippen MR) is 67.7 cm³/mol. The molecular weight excluding hydrogens is 198 g/mol. The average Bonchev–Trinajstić information content (AvgIpc) is 2.17. The number of carbonyl (C=O) groups excluding carboxylic acids is 1. The Labute approximate surface area is 97.9 Å². The first kappa shape index (κ1) is 12.9. The maximum Gasteiger partial charge on any atom is 0.163 e. The molecule has 0 aliphatic rings. The smallest absolute Gasteiger partial charge is 0.163 e. The fourth-order valence-corrected chi connectivity index (χ4v) is 1.62. The summed E-state index contributed by atoms with van der Waals surface area (Å²) in [6.07, 6.45) is 1.24. The monoisotopic (exact) mass is 219 g/mol. The van der Waals surface area contributed by atoms with Gasteiger partial charge in [0.2, 0.25) is 0 Å². The minimum atomic E-state index is -0.270. The van der Waals surface area contributed by atoms with Gasteiger partial charge in [0.15, 0.2) is 5.78 Å². The number of Topliss-reactive ketones (excluding diaryl/α,β-unsaturated/α-hetero) is 1. The lowest BCUT2D eigenvalue weighted by Gasteiger charge is -2.17. The molecule has 2 nitrogen and oxygen atoms in total. The Morgan fingerprint density at radius 1 is 1.31 bits per heavy atom. The van der Waals surface area contributed by atoms with E-state index in [0.717, 1.165) is 23.1 Å². The number of carbonyl (C=O) groups is 1. The summed E-state index contributed by atoms with van der Waals surface area (Å²) < 4.78 is 0. The van der Waals surface area contributed by atoms with Gasteiger partial charge in [0, 0.05) is 17.5 Å². The standard InChI is InChI=1S/C14H21NO/c1-10-6-5-7-12(11(10)2)13(16)8-9-14(3,4)15/h5-7H,8-9,15H2,1-4H3. The van der Waals surface area contributed by atoms with Gasteiger partial charge in [-0.3, -0.25) is 4.79 Å². The number of benzene rings is 1. The van der Waals surface area contributed by atoms with E-state index in [1.165, 1.54) is 0 Å². The Bertz CT molecular complexity index is 388. The predicted octanol–water partition coefficient (Wildman–Crippen LogP) is 3.00. The lowest BCUT2D eigenvalue weighted by molar-refractivity contribution is 0.0972. The van der Waals surface area contributed by atoms with Crippen molar-refractivity contribution in [1.29, 1.82) is 0 Å². The fraction of sp³-hybridized carbons (Fsp3) is 0.500. The molecule has 2 N–H and O–H groups in total. The first-order valence-electron chi connectivity index (χ1n) is 5.69. The molecule has 0 saturated heterocycles. The van der Waals surface area contributed by atoms with Gasteiger partial charge in [-0.15, -0.1) is 0 Å². The first-order chi connectivity index (χ1) is 7.31. The third-order valence-electron chi connectivity index (χ3n) is 2.90. The molecular formula is C14H21NO. The zero-order valence-corrected chi connectivity index (χ0v) is 10.6. The number of nitrogens with two attached hydrogens (primary N) is 1. The van der Waals surface area contributed by atoms with Gasteiger partial charge in [-0.25, -0.2) is 0 Å². The van der Waals surface area contributed by atoms with Crippen molar-refractivity contribution in [3.05, 3.63) is 34.9 Å². The highest BCUT2D eigenvalue weighted by Crippen LogP contribution is 2.17. The summed E-state index contributed by atoms with van der Waals surface area (Å²) in [5.74, 6) is 0.194. The molecule has 0 fully saturated rings. The van der Waals surface area contributed by atoms with Crippen LogP contribution < -0.4 is 5.73 Å². The molecule has 1 rings (SSSR count). The zero-order valence-electron chi connectivity index (χ0n) is 10.6. The first-order valence-corrected chi connectivity index (χ1v) is 5.69. The second-order valence-electron chi connectivity index (χ2n) is 5.16. The van der Waals surface area contributed by atoms with E-state index in [1.54, 1.807) is 0 Å². The summed E-state index contributed by atoms with van der Waals surface area (Å²) >= 11 is 0. The number of hydrogen-bond acceptors (Lipinski definition) is 2. The van der Waals surface area contributed by atoms with Gasteiger partial charge < -0.3 is 5.73 Å². The summed E-state index contributed by atoms with van der Waals surface area (Å²) in [6.45, 7) is 7.92. The number of aryl methyl sites for hydroxylation is 1. The van der Waals surface area contributed by atoms with Crippen LogP contribution in [0.3, 0.4) is 0 Å². The molecule has 0 unspecified atom stereocenters. The van der Waals surface area contributed by atoms with Crippen molar-refractivity contribution in [3.8, 4) is 0 Å². The molecule has 0 aliphatic heterocycles. The normalized spacial score (nSPS) is 11.6. The molecule has 16 heavy (non-hydrogen) atoms. The van der Waals surface area contributed by atoms with Gasteiger partial charge in [-0.2, -0.15) is 0 Å². The van der Waals surface area contributed by atoms with E-state index in [0.29, 0.717) is 6.42 Å². The van der Waals surface area contributed by atoms with Crippen molar-refractivity contribution in [1.82, 2.24) is 0 Å². The Kier molecular flexibility index (Phi) is 3.87. The van der Waals surface area contributed by atoms with Gasteiger partial charge in [-0.05, 0) is 45.2 Å². The Hall–Kier alpha value is -1.15. The molecule has 0 radical (unpaired) electrons. The van der Waals surface area contributed by atoms with Crippen LogP contribution in [-0.2, 0) is 0 Å². The van der Waals surface area contributed by atoms with E-state index in [4.69, 9.17) is 5.73 Å². The van der Waals surface area contributed by atoms with Crippen LogP contribution in [0.2, 0.25) is 0 Å². The van der Waals surface area contributed by atoms with Crippen LogP contribution in [-0.4, -0.2) is 11.3 Å². The number of ketones is 1. The summed E-state index contributed by atoms with van der Waals surface area (Å²) in [6, 6.07) is 5.86. The van der Waals surface area contributed by atoms with E-state index in [1.807, 2.05) is 45.9 Å². The van der Waals surface area contributed by atoms with Gasteiger partial charge >= 0.3 is 0 Å². The van der Waals surface area contributed by atoms with Crippen molar-refractivity contribution in [2.45, 2.75) is 46.1 Å². The average molecular weight is 219 g/mol. The van der Waals surface area contributed by atoms with Crippen LogP contribution >= 0.6 is 0 Å². The van der Waals surface area contributed by atoms with Gasteiger partial charge in [0.05, 0.1) is 0 Å². The van der Waals surface area contributed by atoms with Crippen molar-refractivity contribution in [3.63, 3.8) is 0 Å². The number of rotatable bonds is 4. The van der Waals surface area contributed by atoms with Crippen LogP contribution in [0.15, 0.2) is 18.2 Å². The van der Waals surface area contributed by atoms with Gasteiger partial charge in [0.25, 0.3) is 0 Å². The van der Waals surface area contributed by atoms with Gasteiger partial charge in [-0.1, -0.05) is 18.2 Å². The van der Waals surface area contributed by atoms with E-state index in [2.05, 4.69) is 0 Å². The minimum absolute atomic E-state index is 0.194. The Morgan fingerprint density at radius 2 is 1.94 bits per heavy atom. The van der Waals surface area contributed by atoms with Crippen LogP contribution in [0.25, 0.3) is 0 Å². The third-order valence-corrected chi connectivity index (χ3v) is 2.90. The van der Waals surface area contributed by atoms with Gasteiger partial charge in [0.1, 0.15) is 0 Å². The lowest BCUT2D eigenvalue weighted by atomic mass is 9.93. The van der Waals surface area contributed by atoms with Crippen molar-refractivity contribution in [2.75, 3.05) is 0 Å². The molecule has 0 aromatic heterocycles. The second-order valence-corrected chi connectivity index (χ2v) is 5.16. The molecule has 0 aliphatic carbocycles. The molecule has 1 aromatic rings. The summed E-state index contributed by atoms with van der Waals surface area (Å²) in [5.41, 5.74) is 8.69. The molecule has 88 valence electrons. The van der Waals surface area contributed by atoms with E-state index in [-0.39, 0.29) is 11.3 Å². The second kappa shape index (κ2) is 4.79. The zero-order chi connectivity index (χ0) is 12.3. The molecule has 0 bridgehead atoms. The molecule has 2 heteroatoms. The van der Waals surface area contributed by atoms with Crippen molar-refractivity contribution in [2.24, 2.45) is 5.73 Å². The topological polar surface area (TPSA) is 43.1 Å². The van der Waals surface area contributed by atoms with Crippen LogP contribution in [0.1, 0.15) is 48.2 Å². The van der Waals surface area contributed by atoms with Crippen LogP contribution in [0.4, 0.5) is 0 Å². The molecule has 0 heterocycles. The highest BCUT2D eigenvalue weighted by Gasteiger charge is 2.15. The van der Waals surface area contributed by atoms with E-state index >= 15 is 0 Å². The van der Waals surface area contributed by atoms with Crippen molar-refractivity contribution < 1.29 is 4.79 Å². The highest BCUT2D eigenvalue weighted by molar-refractivity contribution is 5.97. The maximum absolute atomic E-state index is 12.0. The van der Waals surface area contributed by atoms with E-state index < -0.39 is 0 Å². The van der Waals surface area contributed by atoms with Crippen LogP contribution in [0.5, 0.6) is 0 Å². The Balaban J connectivity index is 2.78. The van der Waals surface area contributed by atoms with Crippen molar-refractivity contribution >= 4 is 5.78 Å². The highest BCUT2D eigenvalue weighted by atomic mass is 16.1.